The third-order valence-electron chi connectivity index (χ3n) is 3.74. The highest BCUT2D eigenvalue weighted by atomic mass is 35.5. The number of anilines is 1. The molecule has 20 heavy (non-hydrogen) atoms. The SMILES string of the molecule is CC(Nc1cc(Cl)ccc1Cl)c1cc2c(s1)CCCC2. The van der Waals surface area contributed by atoms with E-state index >= 15 is 0 Å². The predicted molar refractivity (Wildman–Crippen MR) is 89.5 cm³/mol. The number of halogens is 2. The largest absolute Gasteiger partial charge is 0.376 e. The molecule has 2 aromatic rings. The van der Waals surface area contributed by atoms with Gasteiger partial charge >= 0.3 is 0 Å². The molecule has 1 unspecified atom stereocenters. The quantitative estimate of drug-likeness (QED) is 0.718. The molecule has 0 amide bonds. The standard InChI is InChI=1S/C16H17Cl2NS/c1-10(19-14-9-12(17)6-7-13(14)18)16-8-11-4-2-3-5-15(11)20-16/h6-10,19H,2-5H2,1H3. The highest BCUT2D eigenvalue weighted by Crippen LogP contribution is 2.35. The second-order valence-corrected chi connectivity index (χ2v) is 7.31. The van der Waals surface area contributed by atoms with Crippen LogP contribution in [0.4, 0.5) is 5.69 Å². The molecule has 0 aliphatic heterocycles. The summed E-state index contributed by atoms with van der Waals surface area (Å²) < 4.78 is 0. The van der Waals surface area contributed by atoms with E-state index in [-0.39, 0.29) is 6.04 Å². The lowest BCUT2D eigenvalue weighted by atomic mass is 9.99. The van der Waals surface area contributed by atoms with E-state index in [0.29, 0.717) is 10.0 Å². The van der Waals surface area contributed by atoms with Gasteiger partial charge in [-0.15, -0.1) is 11.3 Å². The van der Waals surface area contributed by atoms with Crippen LogP contribution in [0.5, 0.6) is 0 Å². The Bertz CT molecular complexity index is 597. The molecule has 1 N–H and O–H groups in total. The van der Waals surface area contributed by atoms with E-state index in [1.54, 1.807) is 10.4 Å². The van der Waals surface area contributed by atoms with E-state index in [9.17, 15) is 0 Å². The summed E-state index contributed by atoms with van der Waals surface area (Å²) in [6.45, 7) is 2.18. The Balaban J connectivity index is 1.80. The Morgan fingerprint density at radius 2 is 1.95 bits per heavy atom. The zero-order chi connectivity index (χ0) is 14.1. The van der Waals surface area contributed by atoms with Gasteiger partial charge in [0.15, 0.2) is 0 Å². The van der Waals surface area contributed by atoms with Gasteiger partial charge in [-0.05, 0) is 62.4 Å². The van der Waals surface area contributed by atoms with Crippen molar-refractivity contribution in [2.24, 2.45) is 0 Å². The van der Waals surface area contributed by atoms with Crippen LogP contribution in [-0.4, -0.2) is 0 Å². The van der Waals surface area contributed by atoms with Crippen LogP contribution < -0.4 is 5.32 Å². The summed E-state index contributed by atoms with van der Waals surface area (Å²) in [5.74, 6) is 0. The Labute approximate surface area is 133 Å². The number of aryl methyl sites for hydroxylation is 2. The van der Waals surface area contributed by atoms with Gasteiger partial charge in [0.2, 0.25) is 0 Å². The van der Waals surface area contributed by atoms with Crippen LogP contribution >= 0.6 is 34.5 Å². The van der Waals surface area contributed by atoms with E-state index in [1.807, 2.05) is 29.5 Å². The third kappa shape index (κ3) is 2.98. The van der Waals surface area contributed by atoms with Crippen LogP contribution in [0.3, 0.4) is 0 Å². The van der Waals surface area contributed by atoms with Gasteiger partial charge in [-0.1, -0.05) is 23.2 Å². The molecule has 1 aromatic carbocycles. The summed E-state index contributed by atoms with van der Waals surface area (Å²) in [6, 6.07) is 8.13. The van der Waals surface area contributed by atoms with Crippen molar-refractivity contribution >= 4 is 40.2 Å². The van der Waals surface area contributed by atoms with Crippen molar-refractivity contribution in [2.75, 3.05) is 5.32 Å². The van der Waals surface area contributed by atoms with Gasteiger partial charge in [0, 0.05) is 14.8 Å². The topological polar surface area (TPSA) is 12.0 Å². The maximum Gasteiger partial charge on any atom is 0.0638 e. The zero-order valence-corrected chi connectivity index (χ0v) is 13.7. The molecule has 1 nitrogen and oxygen atoms in total. The summed E-state index contributed by atoms with van der Waals surface area (Å²) in [7, 11) is 0. The molecule has 0 saturated carbocycles. The molecule has 1 aliphatic carbocycles. The normalized spacial score (nSPS) is 15.8. The van der Waals surface area contributed by atoms with Crippen molar-refractivity contribution in [3.05, 3.63) is 49.6 Å². The molecule has 0 radical (unpaired) electrons. The molecule has 4 heteroatoms. The summed E-state index contributed by atoms with van der Waals surface area (Å²) in [5, 5.41) is 4.88. The molecule has 1 aliphatic rings. The highest BCUT2D eigenvalue weighted by Gasteiger charge is 2.17. The molecule has 1 aromatic heterocycles. The van der Waals surface area contributed by atoms with Crippen LogP contribution in [-0.2, 0) is 12.8 Å². The van der Waals surface area contributed by atoms with Gasteiger partial charge in [0.25, 0.3) is 0 Å². The van der Waals surface area contributed by atoms with Gasteiger partial charge < -0.3 is 5.32 Å². The second kappa shape index (κ2) is 5.97. The Hall–Kier alpha value is -0.700. The van der Waals surface area contributed by atoms with Gasteiger partial charge in [0.05, 0.1) is 16.8 Å². The van der Waals surface area contributed by atoms with Crippen molar-refractivity contribution in [3.63, 3.8) is 0 Å². The van der Waals surface area contributed by atoms with Crippen LogP contribution in [0.25, 0.3) is 0 Å². The molecule has 1 heterocycles. The van der Waals surface area contributed by atoms with Crippen LogP contribution in [0, 0.1) is 0 Å². The Morgan fingerprint density at radius 1 is 1.15 bits per heavy atom. The van der Waals surface area contributed by atoms with Gasteiger partial charge in [-0.25, -0.2) is 0 Å². The van der Waals surface area contributed by atoms with Crippen LogP contribution in [0.15, 0.2) is 24.3 Å². The lowest BCUT2D eigenvalue weighted by Crippen LogP contribution is -2.05. The molecule has 0 bridgehead atoms. The van der Waals surface area contributed by atoms with E-state index in [0.717, 1.165) is 5.69 Å². The number of rotatable bonds is 3. The fourth-order valence-corrected chi connectivity index (χ4v) is 4.24. The number of fused-ring (bicyclic) bond motifs is 1. The van der Waals surface area contributed by atoms with Gasteiger partial charge in [-0.3, -0.25) is 0 Å². The van der Waals surface area contributed by atoms with Crippen molar-refractivity contribution < 1.29 is 0 Å². The molecule has 0 spiro atoms. The third-order valence-corrected chi connectivity index (χ3v) is 5.73. The smallest absolute Gasteiger partial charge is 0.0638 e. The monoisotopic (exact) mass is 325 g/mol. The first kappa shape index (κ1) is 14.2. The number of thiophene rings is 1. The average Bonchev–Trinajstić information content (AvgIpc) is 2.87. The Morgan fingerprint density at radius 3 is 2.75 bits per heavy atom. The zero-order valence-electron chi connectivity index (χ0n) is 11.4. The summed E-state index contributed by atoms with van der Waals surface area (Å²) in [5.41, 5.74) is 2.44. The molecular formula is C16H17Cl2NS. The van der Waals surface area contributed by atoms with Gasteiger partial charge in [0.1, 0.15) is 0 Å². The van der Waals surface area contributed by atoms with E-state index in [1.165, 1.54) is 30.6 Å². The first-order valence-electron chi connectivity index (χ1n) is 6.96. The molecule has 106 valence electrons. The number of benzene rings is 1. The van der Waals surface area contributed by atoms with E-state index in [2.05, 4.69) is 18.3 Å². The minimum atomic E-state index is 0.251. The van der Waals surface area contributed by atoms with Crippen molar-refractivity contribution in [1.29, 1.82) is 0 Å². The first-order chi connectivity index (χ1) is 9.63. The number of hydrogen-bond acceptors (Lipinski definition) is 2. The maximum absolute atomic E-state index is 6.21. The van der Waals surface area contributed by atoms with Crippen LogP contribution in [0.2, 0.25) is 10.0 Å². The molecule has 3 rings (SSSR count). The van der Waals surface area contributed by atoms with E-state index < -0.39 is 0 Å². The maximum atomic E-state index is 6.21. The fraction of sp³-hybridized carbons (Fsp3) is 0.375. The lowest BCUT2D eigenvalue weighted by Gasteiger charge is -2.15. The summed E-state index contributed by atoms with van der Waals surface area (Å²) in [6.07, 6.45) is 5.13. The van der Waals surface area contributed by atoms with Gasteiger partial charge in [-0.2, -0.15) is 0 Å². The summed E-state index contributed by atoms with van der Waals surface area (Å²) >= 11 is 14.2. The van der Waals surface area contributed by atoms with Crippen molar-refractivity contribution in [1.82, 2.24) is 0 Å². The minimum Gasteiger partial charge on any atom is -0.376 e. The number of hydrogen-bond donors (Lipinski definition) is 1. The minimum absolute atomic E-state index is 0.251. The first-order valence-corrected chi connectivity index (χ1v) is 8.54. The van der Waals surface area contributed by atoms with Crippen LogP contribution in [0.1, 0.15) is 41.1 Å². The lowest BCUT2D eigenvalue weighted by molar-refractivity contribution is 0.696. The molecular weight excluding hydrogens is 309 g/mol. The summed E-state index contributed by atoms with van der Waals surface area (Å²) in [4.78, 5) is 2.95. The Kier molecular flexibility index (Phi) is 4.25. The fourth-order valence-electron chi connectivity index (χ4n) is 2.64. The van der Waals surface area contributed by atoms with Crippen molar-refractivity contribution in [2.45, 2.75) is 38.6 Å². The average molecular weight is 326 g/mol. The molecule has 1 atom stereocenters. The number of nitrogens with one attached hydrogen (secondary N) is 1. The van der Waals surface area contributed by atoms with E-state index in [4.69, 9.17) is 23.2 Å². The second-order valence-electron chi connectivity index (χ2n) is 5.29. The predicted octanol–water partition coefficient (Wildman–Crippen LogP) is 6.11. The van der Waals surface area contributed by atoms with Crippen molar-refractivity contribution in [3.8, 4) is 0 Å². The molecule has 0 fully saturated rings. The highest BCUT2D eigenvalue weighted by molar-refractivity contribution is 7.12. The molecule has 0 saturated heterocycles.